The van der Waals surface area contributed by atoms with E-state index in [-0.39, 0.29) is 34.5 Å². The van der Waals surface area contributed by atoms with Gasteiger partial charge in [-0.15, -0.1) is 0 Å². The lowest BCUT2D eigenvalue weighted by Gasteiger charge is -2.14. The highest BCUT2D eigenvalue weighted by Gasteiger charge is 2.23. The van der Waals surface area contributed by atoms with Crippen molar-refractivity contribution in [3.05, 3.63) is 67.8 Å². The molecule has 0 aromatic heterocycles. The van der Waals surface area contributed by atoms with E-state index in [4.69, 9.17) is 9.47 Å². The first kappa shape index (κ1) is 21.3. The van der Waals surface area contributed by atoms with Crippen LogP contribution in [0.2, 0.25) is 0 Å². The van der Waals surface area contributed by atoms with Gasteiger partial charge in [-0.25, -0.2) is 5.43 Å². The van der Waals surface area contributed by atoms with Gasteiger partial charge in [-0.05, 0) is 32.0 Å². The van der Waals surface area contributed by atoms with E-state index < -0.39 is 15.8 Å². The number of amides is 1. The number of nitro benzene ring substituents is 2. The van der Waals surface area contributed by atoms with Crippen LogP contribution in [0.1, 0.15) is 29.8 Å². The molecule has 2 aromatic carbocycles. The molecule has 1 N–H and O–H groups in total. The van der Waals surface area contributed by atoms with E-state index in [1.165, 1.54) is 49.7 Å². The molecule has 0 aliphatic heterocycles. The molecule has 0 bridgehead atoms. The number of hydrazone groups is 1. The topological polar surface area (TPSA) is 146 Å². The molecule has 152 valence electrons. The summed E-state index contributed by atoms with van der Waals surface area (Å²) in [5, 5.41) is 25.8. The van der Waals surface area contributed by atoms with E-state index in [2.05, 4.69) is 10.5 Å². The lowest BCUT2D eigenvalue weighted by Crippen LogP contribution is -2.17. The number of ether oxygens (including phenoxy) is 2. The Morgan fingerprint density at radius 2 is 1.79 bits per heavy atom. The molecule has 11 nitrogen and oxygen atoms in total. The molecule has 0 heterocycles. The first-order valence-electron chi connectivity index (χ1n) is 8.34. The Morgan fingerprint density at radius 3 is 2.31 bits per heavy atom. The number of nitro groups is 2. The van der Waals surface area contributed by atoms with Gasteiger partial charge >= 0.3 is 5.69 Å². The van der Waals surface area contributed by atoms with Gasteiger partial charge in [0, 0.05) is 29.3 Å². The first-order valence-corrected chi connectivity index (χ1v) is 8.34. The largest absolute Gasteiger partial charge is 0.493 e. The van der Waals surface area contributed by atoms with E-state index in [9.17, 15) is 25.0 Å². The highest BCUT2D eigenvalue weighted by Crippen LogP contribution is 2.38. The van der Waals surface area contributed by atoms with Gasteiger partial charge in [0.05, 0.1) is 29.3 Å². The van der Waals surface area contributed by atoms with Gasteiger partial charge in [0.15, 0.2) is 5.75 Å². The average molecular weight is 402 g/mol. The summed E-state index contributed by atoms with van der Waals surface area (Å²) in [6.07, 6.45) is 0.904. The molecular formula is C18H18N4O7. The molecule has 2 aromatic rings. The first-order chi connectivity index (χ1) is 13.7. The zero-order chi connectivity index (χ0) is 21.6. The van der Waals surface area contributed by atoms with E-state index in [1.54, 1.807) is 13.8 Å². The number of nitrogens with one attached hydrogen (secondary N) is 1. The summed E-state index contributed by atoms with van der Waals surface area (Å²) in [7, 11) is 1.35. The molecular weight excluding hydrogens is 384 g/mol. The predicted octanol–water partition coefficient (Wildman–Crippen LogP) is 3.06. The normalized spacial score (nSPS) is 10.8. The van der Waals surface area contributed by atoms with Crippen LogP contribution < -0.4 is 14.9 Å². The fourth-order valence-corrected chi connectivity index (χ4v) is 2.29. The van der Waals surface area contributed by atoms with Crippen LogP contribution in [0.5, 0.6) is 11.5 Å². The number of nitrogens with zero attached hydrogens (tertiary/aromatic N) is 3. The molecule has 0 saturated carbocycles. The molecule has 1 amide bonds. The van der Waals surface area contributed by atoms with Gasteiger partial charge in [0.1, 0.15) is 0 Å². The van der Waals surface area contributed by atoms with Crippen molar-refractivity contribution in [2.75, 3.05) is 7.11 Å². The van der Waals surface area contributed by atoms with Crippen LogP contribution in [0.25, 0.3) is 0 Å². The molecule has 0 spiro atoms. The molecule has 2 rings (SSSR count). The van der Waals surface area contributed by atoms with Crippen molar-refractivity contribution < 1.29 is 24.1 Å². The smallest absolute Gasteiger partial charge is 0.315 e. The molecule has 0 radical (unpaired) electrons. The SMILES string of the molecule is COc1cc(/C=N/NC(=O)c2ccc([N+](=O)[O-])cc2)cc([N+](=O)[O-])c1OC(C)C. The minimum atomic E-state index is -0.604. The van der Waals surface area contributed by atoms with Crippen LogP contribution in [0, 0.1) is 20.2 Å². The minimum absolute atomic E-state index is 0.000402. The third-order valence-electron chi connectivity index (χ3n) is 3.55. The summed E-state index contributed by atoms with van der Waals surface area (Å²) in [6, 6.07) is 7.68. The molecule has 0 atom stereocenters. The predicted molar refractivity (Wildman–Crippen MR) is 104 cm³/mol. The molecule has 0 saturated heterocycles. The second-order valence-corrected chi connectivity index (χ2v) is 6.00. The Morgan fingerprint density at radius 1 is 1.14 bits per heavy atom. The lowest BCUT2D eigenvalue weighted by molar-refractivity contribution is -0.386. The summed E-state index contributed by atoms with van der Waals surface area (Å²) in [5.41, 5.74) is 2.26. The van der Waals surface area contributed by atoms with E-state index in [0.717, 1.165) is 0 Å². The van der Waals surface area contributed by atoms with Gasteiger partial charge in [-0.1, -0.05) is 0 Å². The maximum atomic E-state index is 12.0. The van der Waals surface area contributed by atoms with E-state index >= 15 is 0 Å². The van der Waals surface area contributed by atoms with Gasteiger partial charge in [-0.2, -0.15) is 5.10 Å². The molecule has 0 fully saturated rings. The fourth-order valence-electron chi connectivity index (χ4n) is 2.29. The Bertz CT molecular complexity index is 955. The second-order valence-electron chi connectivity index (χ2n) is 6.00. The molecule has 0 aliphatic rings. The highest BCUT2D eigenvalue weighted by atomic mass is 16.6. The summed E-state index contributed by atoms with van der Waals surface area (Å²) in [5.74, 6) is -0.451. The van der Waals surface area contributed by atoms with Crippen LogP contribution in [0.4, 0.5) is 11.4 Å². The monoisotopic (exact) mass is 402 g/mol. The number of hydrogen-bond donors (Lipinski definition) is 1. The van der Waals surface area contributed by atoms with E-state index in [0.29, 0.717) is 5.56 Å². The van der Waals surface area contributed by atoms with Gasteiger partial charge < -0.3 is 9.47 Å². The van der Waals surface area contributed by atoms with Crippen molar-refractivity contribution in [3.63, 3.8) is 0 Å². The summed E-state index contributed by atoms with van der Waals surface area (Å²) >= 11 is 0. The Hall–Kier alpha value is -4.02. The average Bonchev–Trinajstić information content (AvgIpc) is 2.68. The van der Waals surface area contributed by atoms with Crippen molar-refractivity contribution in [3.8, 4) is 11.5 Å². The maximum absolute atomic E-state index is 12.0. The summed E-state index contributed by atoms with van der Waals surface area (Å²) < 4.78 is 10.7. The zero-order valence-corrected chi connectivity index (χ0v) is 15.8. The number of benzene rings is 2. The van der Waals surface area contributed by atoms with Crippen LogP contribution >= 0.6 is 0 Å². The Kier molecular flexibility index (Phi) is 6.80. The van der Waals surface area contributed by atoms with Crippen LogP contribution in [-0.2, 0) is 0 Å². The second kappa shape index (κ2) is 9.26. The number of non-ortho nitro benzene ring substituents is 1. The number of carbonyl (C=O) groups is 1. The van der Waals surface area contributed by atoms with Crippen molar-refractivity contribution in [1.29, 1.82) is 0 Å². The van der Waals surface area contributed by atoms with Crippen LogP contribution in [-0.4, -0.2) is 35.2 Å². The van der Waals surface area contributed by atoms with Crippen molar-refractivity contribution in [2.24, 2.45) is 5.10 Å². The van der Waals surface area contributed by atoms with Gasteiger partial charge in [-0.3, -0.25) is 25.0 Å². The highest BCUT2D eigenvalue weighted by molar-refractivity contribution is 5.95. The van der Waals surface area contributed by atoms with Crippen molar-refractivity contribution in [1.82, 2.24) is 5.43 Å². The fraction of sp³-hybridized carbons (Fsp3) is 0.222. The van der Waals surface area contributed by atoms with Crippen molar-refractivity contribution >= 4 is 23.5 Å². The zero-order valence-electron chi connectivity index (χ0n) is 15.8. The molecule has 0 unspecified atom stereocenters. The van der Waals surface area contributed by atoms with Gasteiger partial charge in [0.2, 0.25) is 5.75 Å². The molecule has 11 heteroatoms. The number of carbonyl (C=O) groups excluding carboxylic acids is 1. The molecule has 29 heavy (non-hydrogen) atoms. The standard InChI is InChI=1S/C18H18N4O7/c1-11(2)29-17-15(22(26)27)8-12(9-16(17)28-3)10-19-20-18(23)13-4-6-14(7-5-13)21(24)25/h4-11H,1-3H3,(H,20,23)/b19-10+. The molecule has 0 aliphatic carbocycles. The Balaban J connectivity index is 2.21. The summed E-state index contributed by atoms with van der Waals surface area (Å²) in [4.78, 5) is 32.9. The van der Waals surface area contributed by atoms with Gasteiger partial charge in [0.25, 0.3) is 11.6 Å². The van der Waals surface area contributed by atoms with Crippen LogP contribution in [0.15, 0.2) is 41.5 Å². The van der Waals surface area contributed by atoms with Crippen molar-refractivity contribution in [2.45, 2.75) is 20.0 Å². The lowest BCUT2D eigenvalue weighted by atomic mass is 10.2. The summed E-state index contributed by atoms with van der Waals surface area (Å²) in [6.45, 7) is 3.46. The van der Waals surface area contributed by atoms with E-state index in [1.807, 2.05) is 0 Å². The number of hydrogen-bond acceptors (Lipinski definition) is 8. The Labute approximate surface area is 165 Å². The third kappa shape index (κ3) is 5.48. The maximum Gasteiger partial charge on any atom is 0.315 e. The minimum Gasteiger partial charge on any atom is -0.493 e. The number of rotatable bonds is 8. The quantitative estimate of drug-likeness (QED) is 0.405. The van der Waals surface area contributed by atoms with Crippen LogP contribution in [0.3, 0.4) is 0 Å². The third-order valence-corrected chi connectivity index (χ3v) is 3.55. The number of methoxy groups -OCH3 is 1.